The van der Waals surface area contributed by atoms with Crippen LogP contribution in [0.3, 0.4) is 0 Å². The van der Waals surface area contributed by atoms with Crippen molar-refractivity contribution in [1.82, 2.24) is 15.3 Å². The summed E-state index contributed by atoms with van der Waals surface area (Å²) in [6, 6.07) is 5.84. The molecule has 2 aromatic rings. The van der Waals surface area contributed by atoms with Crippen molar-refractivity contribution in [2.45, 2.75) is 60.5 Å². The molecule has 4 rings (SSSR count). The third-order valence-electron chi connectivity index (χ3n) is 5.88. The molecule has 1 saturated heterocycles. The lowest BCUT2D eigenvalue weighted by atomic mass is 9.85. The molecule has 0 radical (unpaired) electrons. The fraction of sp³-hybridized carbons (Fsp3) is 0.476. The topological polar surface area (TPSA) is 84.1 Å². The normalized spacial score (nSPS) is 18.7. The van der Waals surface area contributed by atoms with Crippen LogP contribution in [0.4, 0.5) is 5.82 Å². The highest BCUT2D eigenvalue weighted by Crippen LogP contribution is 2.37. The number of carbonyl (C=O) groups excluding carboxylic acids is 1. The summed E-state index contributed by atoms with van der Waals surface area (Å²) in [5, 5.41) is 4.92. The molecule has 3 N–H and O–H groups in total. The lowest BCUT2D eigenvalue weighted by molar-refractivity contribution is -0.128. The highest BCUT2D eigenvalue weighted by molar-refractivity contribution is 7.99. The van der Waals surface area contributed by atoms with Gasteiger partial charge in [-0.15, -0.1) is 0 Å². The van der Waals surface area contributed by atoms with E-state index in [-0.39, 0.29) is 5.91 Å². The van der Waals surface area contributed by atoms with Gasteiger partial charge in [0.25, 0.3) is 0 Å². The van der Waals surface area contributed by atoms with E-state index in [1.807, 2.05) is 19.1 Å². The second-order valence-electron chi connectivity index (χ2n) is 8.02. The molecule has 1 saturated carbocycles. The number of aryl methyl sites for hydroxylation is 1. The van der Waals surface area contributed by atoms with Crippen LogP contribution >= 0.6 is 35.0 Å². The van der Waals surface area contributed by atoms with E-state index in [1.54, 1.807) is 12.3 Å². The number of hydrogen-bond donors (Lipinski definition) is 2. The standard InChI is InChI=1S/C21H25Cl2N5OS/c1-13-19(30-16-7-3-6-15(22)18(16)23)25-12-17(26-13)28-10-8-21(24,9-11-28)20(29)27-14-4-2-5-14/h3,6-7,12,14H,2,4-5,8-11,24H2,1H3,(H,27,29). The van der Waals surface area contributed by atoms with Crippen molar-refractivity contribution in [3.63, 3.8) is 0 Å². The first-order valence-electron chi connectivity index (χ1n) is 10.2. The summed E-state index contributed by atoms with van der Waals surface area (Å²) in [7, 11) is 0. The number of amides is 1. The van der Waals surface area contributed by atoms with Crippen molar-refractivity contribution < 1.29 is 4.79 Å². The minimum absolute atomic E-state index is 0.0146. The van der Waals surface area contributed by atoms with Gasteiger partial charge in [0.05, 0.1) is 27.5 Å². The van der Waals surface area contributed by atoms with Crippen LogP contribution in [0.15, 0.2) is 34.3 Å². The van der Waals surface area contributed by atoms with Crippen LogP contribution in [0, 0.1) is 6.92 Å². The smallest absolute Gasteiger partial charge is 0.240 e. The first-order chi connectivity index (χ1) is 14.4. The minimum atomic E-state index is -0.798. The fourth-order valence-corrected chi connectivity index (χ4v) is 4.95. The summed E-state index contributed by atoms with van der Waals surface area (Å²) in [5.74, 6) is 0.787. The molecular weight excluding hydrogens is 441 g/mol. The number of halogens is 2. The Hall–Kier alpha value is -1.54. The molecule has 0 spiro atoms. The molecular formula is C21H25Cl2N5OS. The third kappa shape index (κ3) is 4.54. The van der Waals surface area contributed by atoms with E-state index in [0.717, 1.165) is 34.3 Å². The SMILES string of the molecule is Cc1nc(N2CCC(N)(C(=O)NC3CCC3)CC2)cnc1Sc1cccc(Cl)c1Cl. The van der Waals surface area contributed by atoms with Crippen LogP contribution in [-0.4, -0.2) is 40.5 Å². The molecule has 1 aliphatic heterocycles. The Morgan fingerprint density at radius 3 is 2.67 bits per heavy atom. The van der Waals surface area contributed by atoms with Gasteiger partial charge in [-0.25, -0.2) is 9.97 Å². The van der Waals surface area contributed by atoms with Crippen molar-refractivity contribution in [3.05, 3.63) is 40.1 Å². The zero-order chi connectivity index (χ0) is 21.3. The monoisotopic (exact) mass is 465 g/mol. The van der Waals surface area contributed by atoms with Gasteiger partial charge in [0.1, 0.15) is 10.8 Å². The second-order valence-corrected chi connectivity index (χ2v) is 9.83. The van der Waals surface area contributed by atoms with E-state index in [2.05, 4.69) is 15.2 Å². The van der Waals surface area contributed by atoms with E-state index in [9.17, 15) is 4.79 Å². The van der Waals surface area contributed by atoms with Crippen LogP contribution in [0.2, 0.25) is 10.0 Å². The van der Waals surface area contributed by atoms with Gasteiger partial charge in [-0.1, -0.05) is 41.0 Å². The number of benzene rings is 1. The number of hydrogen-bond acceptors (Lipinski definition) is 6. The summed E-state index contributed by atoms with van der Waals surface area (Å²) in [6.45, 7) is 3.28. The molecule has 2 fully saturated rings. The van der Waals surface area contributed by atoms with Gasteiger partial charge in [0, 0.05) is 24.0 Å². The quantitative estimate of drug-likeness (QED) is 0.687. The summed E-state index contributed by atoms with van der Waals surface area (Å²) in [4.78, 5) is 24.9. The van der Waals surface area contributed by atoms with Crippen molar-refractivity contribution in [3.8, 4) is 0 Å². The number of rotatable bonds is 5. The number of nitrogens with one attached hydrogen (secondary N) is 1. The Bertz CT molecular complexity index is 945. The summed E-state index contributed by atoms with van der Waals surface area (Å²) >= 11 is 13.8. The molecule has 30 heavy (non-hydrogen) atoms. The van der Waals surface area contributed by atoms with Gasteiger partial charge in [-0.3, -0.25) is 4.79 Å². The van der Waals surface area contributed by atoms with Gasteiger partial charge in [-0.2, -0.15) is 0 Å². The zero-order valence-corrected chi connectivity index (χ0v) is 19.2. The first kappa shape index (κ1) is 21.7. The van der Waals surface area contributed by atoms with Crippen LogP contribution in [0.25, 0.3) is 0 Å². The third-order valence-corrected chi connectivity index (χ3v) is 7.97. The van der Waals surface area contributed by atoms with Crippen LogP contribution < -0.4 is 16.0 Å². The molecule has 6 nitrogen and oxygen atoms in total. The van der Waals surface area contributed by atoms with Gasteiger partial charge >= 0.3 is 0 Å². The van der Waals surface area contributed by atoms with Crippen molar-refractivity contribution in [2.24, 2.45) is 5.73 Å². The molecule has 0 atom stereocenters. The maximum Gasteiger partial charge on any atom is 0.240 e. The molecule has 9 heteroatoms. The highest BCUT2D eigenvalue weighted by atomic mass is 35.5. The first-order valence-corrected chi connectivity index (χ1v) is 11.7. The van der Waals surface area contributed by atoms with E-state index >= 15 is 0 Å². The average molecular weight is 466 g/mol. The molecule has 2 aliphatic rings. The predicted octanol–water partition coefficient (Wildman–Crippen LogP) is 4.21. The van der Waals surface area contributed by atoms with E-state index in [0.29, 0.717) is 42.0 Å². The summed E-state index contributed by atoms with van der Waals surface area (Å²) < 4.78 is 0. The van der Waals surface area contributed by atoms with Gasteiger partial charge in [0.15, 0.2) is 0 Å². The van der Waals surface area contributed by atoms with E-state index in [4.69, 9.17) is 33.9 Å². The lowest BCUT2D eigenvalue weighted by Gasteiger charge is -2.40. The molecule has 1 aromatic carbocycles. The fourth-order valence-electron chi connectivity index (χ4n) is 3.62. The van der Waals surface area contributed by atoms with E-state index in [1.165, 1.54) is 18.2 Å². The molecule has 1 aliphatic carbocycles. The van der Waals surface area contributed by atoms with Crippen molar-refractivity contribution in [2.75, 3.05) is 18.0 Å². The van der Waals surface area contributed by atoms with Crippen molar-refractivity contribution in [1.29, 1.82) is 0 Å². The molecule has 0 unspecified atom stereocenters. The van der Waals surface area contributed by atoms with Gasteiger partial charge in [-0.05, 0) is 51.2 Å². The van der Waals surface area contributed by atoms with Crippen LogP contribution in [0.5, 0.6) is 0 Å². The average Bonchev–Trinajstić information content (AvgIpc) is 2.70. The Balaban J connectivity index is 1.40. The molecule has 1 amide bonds. The second kappa shape index (κ2) is 8.91. The van der Waals surface area contributed by atoms with Crippen LogP contribution in [-0.2, 0) is 4.79 Å². The van der Waals surface area contributed by atoms with E-state index < -0.39 is 5.54 Å². The summed E-state index contributed by atoms with van der Waals surface area (Å²) in [6.07, 6.45) is 6.28. The van der Waals surface area contributed by atoms with Crippen molar-refractivity contribution >= 4 is 46.7 Å². The number of anilines is 1. The van der Waals surface area contributed by atoms with Gasteiger partial charge < -0.3 is 16.0 Å². The van der Waals surface area contributed by atoms with Gasteiger partial charge in [0.2, 0.25) is 5.91 Å². The number of nitrogens with two attached hydrogens (primary N) is 1. The Morgan fingerprint density at radius 1 is 1.30 bits per heavy atom. The van der Waals surface area contributed by atoms with Crippen LogP contribution in [0.1, 0.15) is 37.8 Å². The number of nitrogens with zero attached hydrogens (tertiary/aromatic N) is 3. The Labute approximate surface area is 190 Å². The largest absolute Gasteiger partial charge is 0.355 e. The lowest BCUT2D eigenvalue weighted by Crippen LogP contribution is -2.61. The predicted molar refractivity (Wildman–Crippen MR) is 122 cm³/mol. The maximum absolute atomic E-state index is 12.6. The molecule has 2 heterocycles. The number of aromatic nitrogens is 2. The summed E-state index contributed by atoms with van der Waals surface area (Å²) in [5.41, 5.74) is 6.46. The Kier molecular flexibility index (Phi) is 6.44. The highest BCUT2D eigenvalue weighted by Gasteiger charge is 2.39. The molecule has 160 valence electrons. The maximum atomic E-state index is 12.6. The molecule has 0 bridgehead atoms. The molecule has 1 aromatic heterocycles. The number of piperidine rings is 1. The number of carbonyl (C=O) groups is 1. The minimum Gasteiger partial charge on any atom is -0.355 e. The zero-order valence-electron chi connectivity index (χ0n) is 16.8. The Morgan fingerprint density at radius 2 is 2.03 bits per heavy atom.